The van der Waals surface area contributed by atoms with Crippen LogP contribution in [0.3, 0.4) is 0 Å². The summed E-state index contributed by atoms with van der Waals surface area (Å²) in [6, 6.07) is 17.1. The first-order valence-corrected chi connectivity index (χ1v) is 27.1. The highest BCUT2D eigenvalue weighted by Crippen LogP contribution is 2.48. The Balaban J connectivity index is 0.863. The third-order valence-corrected chi connectivity index (χ3v) is 17.6. The molecule has 2 aromatic heterocycles. The molecule has 3 aromatic carbocycles. The Morgan fingerprint density at radius 2 is 1.74 bits per heavy atom. The van der Waals surface area contributed by atoms with Crippen LogP contribution in [0, 0.1) is 33.2 Å². The van der Waals surface area contributed by atoms with Gasteiger partial charge in [0.15, 0.2) is 11.4 Å². The number of ether oxygens (including phenoxy) is 2. The zero-order valence-electron chi connectivity index (χ0n) is 42.0. The lowest BCUT2D eigenvalue weighted by Gasteiger charge is -2.59. The maximum Gasteiger partial charge on any atom is 0.297 e. The topological polar surface area (TPSA) is 213 Å². The molecule has 4 N–H and O–H groups in total. The number of nitrogens with one attached hydrogen (secondary N) is 3. The number of nitro benzene ring substituents is 1. The lowest BCUT2D eigenvalue weighted by atomic mass is 9.69. The zero-order valence-corrected chi connectivity index (χ0v) is 42.8. The summed E-state index contributed by atoms with van der Waals surface area (Å²) in [5.41, 5.74) is 2.40. The fourth-order valence-corrected chi connectivity index (χ4v) is 13.0. The van der Waals surface area contributed by atoms with Crippen LogP contribution >= 0.6 is 0 Å². The number of benzene rings is 3. The smallest absolute Gasteiger partial charge is 0.297 e. The summed E-state index contributed by atoms with van der Waals surface area (Å²) in [6.45, 7) is 15.1. The number of sulfonamides is 1. The molecule has 17 nitrogen and oxygen atoms in total. The molecule has 388 valence electrons. The van der Waals surface area contributed by atoms with Gasteiger partial charge in [0.25, 0.3) is 21.6 Å². The summed E-state index contributed by atoms with van der Waals surface area (Å²) in [4.78, 5) is 52.6. The number of anilines is 2. The van der Waals surface area contributed by atoms with Crippen molar-refractivity contribution in [2.75, 3.05) is 56.1 Å². The van der Waals surface area contributed by atoms with Gasteiger partial charge in [-0.25, -0.2) is 22.5 Å². The number of likely N-dealkylation sites (tertiary alicyclic amines) is 2. The average molecular weight is 1020 g/mol. The van der Waals surface area contributed by atoms with Crippen molar-refractivity contribution < 1.29 is 41.9 Å². The maximum absolute atomic E-state index is 14.7. The Kier molecular flexibility index (Phi) is 13.4. The number of nitro groups is 1. The number of carbonyl (C=O) groups excluding carboxylic acids is 2. The number of aromatic nitrogens is 2. The molecule has 6 heterocycles. The maximum atomic E-state index is 14.7. The Bertz CT molecular complexity index is 3050. The number of hydrogen-bond donors (Lipinski definition) is 4. The standard InChI is InChI=1S/C54H65FN8O9S/c1-32(2)38-8-6-7-9-39(38)42-28-61(52(65)33(3)4)19-14-45(42)62-30-54(31-62)17-20-60(21-18-54)35-10-11-40(47(22-35)72-36-23-41-43(55)27-57-50(41)56-26-36)51(64)59-73(69,70)37-24-46(63(67)68)49-48(25-37)71-29-44(58-49)34-12-15-53(5,66)16-13-34/h6-11,22-27,32-34,42,44-45,58,66H,12-21,28-31H2,1-5H3,(H,56,57)(H,59,64)/t34?,42-,44-,45-,53?/m1/s1. The molecule has 3 atom stereocenters. The number of nitrogens with zero attached hydrogens (tertiary/aromatic N) is 5. The van der Waals surface area contributed by atoms with Gasteiger partial charge >= 0.3 is 0 Å². The van der Waals surface area contributed by atoms with Gasteiger partial charge < -0.3 is 34.7 Å². The highest BCUT2D eigenvalue weighted by Gasteiger charge is 2.50. The van der Waals surface area contributed by atoms with Crippen molar-refractivity contribution in [2.45, 2.75) is 114 Å². The highest BCUT2D eigenvalue weighted by molar-refractivity contribution is 7.90. The largest absolute Gasteiger partial charge is 0.489 e. The second kappa shape index (κ2) is 19.5. The van der Waals surface area contributed by atoms with E-state index in [1.807, 2.05) is 13.8 Å². The van der Waals surface area contributed by atoms with Crippen LogP contribution in [-0.4, -0.2) is 114 Å². The predicted molar refractivity (Wildman–Crippen MR) is 274 cm³/mol. The van der Waals surface area contributed by atoms with Crippen molar-refractivity contribution in [3.63, 3.8) is 0 Å². The van der Waals surface area contributed by atoms with Crippen LogP contribution in [0.5, 0.6) is 17.2 Å². The number of pyridine rings is 1. The van der Waals surface area contributed by atoms with E-state index in [1.54, 1.807) is 19.1 Å². The SMILES string of the molecule is CC(C)C(=O)N1CC[C@@H](N2CC3(CCN(c4ccc(C(=O)NS(=O)(=O)c5cc6c(c([N+](=O)[O-])c5)N[C@@H](C5CCC(C)(O)CC5)CO6)c(Oc5cnc6[nH]cc(F)c6c5)c4)CC3)C2)[C@@H](c2ccccc2C(C)C)C1. The molecule has 10 rings (SSSR count). The molecular weight excluding hydrogens is 956 g/mol. The van der Waals surface area contributed by atoms with E-state index in [9.17, 15) is 37.6 Å². The predicted octanol–water partition coefficient (Wildman–Crippen LogP) is 8.70. The second-order valence-electron chi connectivity index (χ2n) is 22.0. The molecule has 0 bridgehead atoms. The Labute approximate surface area is 425 Å². The summed E-state index contributed by atoms with van der Waals surface area (Å²) in [7, 11) is -4.74. The molecule has 0 radical (unpaired) electrons. The minimum atomic E-state index is -4.74. The minimum absolute atomic E-state index is 0.00775. The van der Waals surface area contributed by atoms with Crippen LogP contribution in [0.2, 0.25) is 0 Å². The number of amides is 2. The Hall–Kier alpha value is -6.31. The van der Waals surface area contributed by atoms with Crippen LogP contribution in [0.25, 0.3) is 11.0 Å². The van der Waals surface area contributed by atoms with E-state index in [2.05, 4.69) is 72.8 Å². The number of H-pyrrole nitrogens is 1. The van der Waals surface area contributed by atoms with Gasteiger partial charge in [-0.1, -0.05) is 52.0 Å². The second-order valence-corrected chi connectivity index (χ2v) is 23.6. The number of carbonyl (C=O) groups is 2. The van der Waals surface area contributed by atoms with Gasteiger partial charge in [-0.05, 0) is 98.4 Å². The van der Waals surface area contributed by atoms with Crippen LogP contribution in [-0.2, 0) is 14.8 Å². The van der Waals surface area contributed by atoms with E-state index in [4.69, 9.17) is 9.47 Å². The van der Waals surface area contributed by atoms with Gasteiger partial charge in [0.1, 0.15) is 29.6 Å². The van der Waals surface area contributed by atoms with Gasteiger partial charge in [0.2, 0.25) is 5.91 Å². The molecule has 2 amide bonds. The van der Waals surface area contributed by atoms with Crippen LogP contribution < -0.4 is 24.4 Å². The lowest BCUT2D eigenvalue weighted by Crippen LogP contribution is -2.65. The molecular formula is C54H65FN8O9S. The van der Waals surface area contributed by atoms with E-state index in [1.165, 1.54) is 35.7 Å². The number of hydrogen-bond acceptors (Lipinski definition) is 13. The van der Waals surface area contributed by atoms with E-state index in [0.29, 0.717) is 62.9 Å². The van der Waals surface area contributed by atoms with Gasteiger partial charge in [-0.15, -0.1) is 0 Å². The number of aromatic amines is 1. The van der Waals surface area contributed by atoms with E-state index >= 15 is 0 Å². The third kappa shape index (κ3) is 10.1. The lowest BCUT2D eigenvalue weighted by molar-refractivity contribution is -0.384. The molecule has 1 aliphatic carbocycles. The average Bonchev–Trinajstić information content (AvgIpc) is 3.73. The molecule has 73 heavy (non-hydrogen) atoms. The fraction of sp³-hybridized carbons (Fsp3) is 0.500. The van der Waals surface area contributed by atoms with Crippen molar-refractivity contribution in [2.24, 2.45) is 17.3 Å². The Morgan fingerprint density at radius 1 is 1.00 bits per heavy atom. The van der Waals surface area contributed by atoms with Crippen LogP contribution in [0.4, 0.5) is 21.5 Å². The first-order chi connectivity index (χ1) is 34.8. The Morgan fingerprint density at radius 3 is 2.45 bits per heavy atom. The number of aliphatic hydroxyl groups is 1. The van der Waals surface area contributed by atoms with Crippen molar-refractivity contribution in [1.82, 2.24) is 24.5 Å². The van der Waals surface area contributed by atoms with E-state index in [-0.39, 0.29) is 75.6 Å². The summed E-state index contributed by atoms with van der Waals surface area (Å²) in [5.74, 6) is -0.785. The number of piperidine rings is 2. The summed E-state index contributed by atoms with van der Waals surface area (Å²) < 4.78 is 57.1. The minimum Gasteiger partial charge on any atom is -0.489 e. The molecule has 5 aromatic rings. The van der Waals surface area contributed by atoms with Gasteiger partial charge in [-0.3, -0.25) is 24.6 Å². The molecule has 3 saturated heterocycles. The molecule has 1 saturated carbocycles. The fourth-order valence-electron chi connectivity index (χ4n) is 12.0. The van der Waals surface area contributed by atoms with Crippen LogP contribution in [0.15, 0.2) is 78.0 Å². The summed E-state index contributed by atoms with van der Waals surface area (Å²) in [6.07, 6.45) is 7.83. The number of halogens is 1. The van der Waals surface area contributed by atoms with E-state index < -0.39 is 42.9 Å². The van der Waals surface area contributed by atoms with Gasteiger partial charge in [0, 0.05) is 87.2 Å². The summed E-state index contributed by atoms with van der Waals surface area (Å²) in [5, 5.41) is 26.3. The molecule has 0 unspecified atom stereocenters. The molecule has 1 spiro atoms. The highest BCUT2D eigenvalue weighted by atomic mass is 32.2. The van der Waals surface area contributed by atoms with Gasteiger partial charge in [-0.2, -0.15) is 0 Å². The quantitative estimate of drug-likeness (QED) is 0.0681. The van der Waals surface area contributed by atoms with Gasteiger partial charge in [0.05, 0.1) is 38.6 Å². The number of fused-ring (bicyclic) bond motifs is 2. The molecule has 5 aliphatic rings. The normalized spacial score (nSPS) is 24.2. The van der Waals surface area contributed by atoms with Crippen molar-refractivity contribution in [3.8, 4) is 17.2 Å². The van der Waals surface area contributed by atoms with Crippen LogP contribution in [0.1, 0.15) is 113 Å². The first kappa shape index (κ1) is 50.2. The molecule has 4 aliphatic heterocycles. The summed E-state index contributed by atoms with van der Waals surface area (Å²) >= 11 is 0. The van der Waals surface area contributed by atoms with Crippen molar-refractivity contribution in [3.05, 3.63) is 106 Å². The van der Waals surface area contributed by atoms with Crippen molar-refractivity contribution in [1.29, 1.82) is 0 Å². The monoisotopic (exact) mass is 1020 g/mol. The first-order valence-electron chi connectivity index (χ1n) is 25.6. The van der Waals surface area contributed by atoms with E-state index in [0.717, 1.165) is 56.7 Å². The zero-order chi connectivity index (χ0) is 51.6. The molecule has 4 fully saturated rings. The third-order valence-electron chi connectivity index (χ3n) is 16.2. The number of rotatable bonds is 12. The molecule has 19 heteroatoms. The van der Waals surface area contributed by atoms with Crippen molar-refractivity contribution >= 4 is 49.9 Å².